The van der Waals surface area contributed by atoms with Crippen molar-refractivity contribution in [1.29, 1.82) is 0 Å². The van der Waals surface area contributed by atoms with Crippen molar-refractivity contribution in [3.63, 3.8) is 0 Å². The highest BCUT2D eigenvalue weighted by Crippen LogP contribution is 2.16. The molecule has 1 fully saturated rings. The summed E-state index contributed by atoms with van der Waals surface area (Å²) in [5.41, 5.74) is 0. The summed E-state index contributed by atoms with van der Waals surface area (Å²) in [6.07, 6.45) is 0.897. The number of hydrogen-bond donors (Lipinski definition) is 1. The normalized spacial score (nSPS) is 23.0. The van der Waals surface area contributed by atoms with Crippen molar-refractivity contribution in [2.75, 3.05) is 26.3 Å². The first-order chi connectivity index (χ1) is 6.66. The Bertz CT molecular complexity index is 190. The summed E-state index contributed by atoms with van der Waals surface area (Å²) in [5.74, 6) is -0.508. The van der Waals surface area contributed by atoms with E-state index in [1.165, 1.54) is 0 Å². The molecule has 0 aromatic rings. The average Bonchev–Trinajstić information content (AvgIpc) is 2.19. The van der Waals surface area contributed by atoms with Gasteiger partial charge in [-0.25, -0.2) is 0 Å². The van der Waals surface area contributed by atoms with Crippen LogP contribution in [0.25, 0.3) is 0 Å². The number of rotatable bonds is 4. The SMILES string of the molecule is CCC(C)C(C(=O)O)N1CCOCC1. The lowest BCUT2D eigenvalue weighted by Gasteiger charge is -2.34. The summed E-state index contributed by atoms with van der Waals surface area (Å²) in [5, 5.41) is 9.14. The van der Waals surface area contributed by atoms with E-state index in [1.54, 1.807) is 0 Å². The van der Waals surface area contributed by atoms with Gasteiger partial charge in [0.2, 0.25) is 0 Å². The number of morpholine rings is 1. The number of ether oxygens (including phenoxy) is 1. The molecule has 1 N–H and O–H groups in total. The molecular formula is C10H19NO3. The molecule has 0 bridgehead atoms. The van der Waals surface area contributed by atoms with Crippen LogP contribution in [0.15, 0.2) is 0 Å². The van der Waals surface area contributed by atoms with E-state index in [9.17, 15) is 4.79 Å². The second kappa shape index (κ2) is 5.32. The molecule has 2 unspecified atom stereocenters. The minimum absolute atomic E-state index is 0.200. The zero-order chi connectivity index (χ0) is 10.6. The Morgan fingerprint density at radius 3 is 2.50 bits per heavy atom. The van der Waals surface area contributed by atoms with Crippen LogP contribution >= 0.6 is 0 Å². The van der Waals surface area contributed by atoms with Gasteiger partial charge in [-0.15, -0.1) is 0 Å². The second-order valence-corrected chi connectivity index (χ2v) is 3.82. The fourth-order valence-corrected chi connectivity index (χ4v) is 1.84. The molecule has 82 valence electrons. The van der Waals surface area contributed by atoms with E-state index in [2.05, 4.69) is 0 Å². The molecule has 0 aliphatic carbocycles. The molecule has 1 heterocycles. The molecule has 0 spiro atoms. The number of hydrogen-bond acceptors (Lipinski definition) is 3. The Morgan fingerprint density at radius 1 is 1.50 bits per heavy atom. The van der Waals surface area contributed by atoms with Crippen LogP contribution in [0.2, 0.25) is 0 Å². The van der Waals surface area contributed by atoms with Gasteiger partial charge < -0.3 is 9.84 Å². The van der Waals surface area contributed by atoms with E-state index >= 15 is 0 Å². The smallest absolute Gasteiger partial charge is 0.321 e. The fourth-order valence-electron chi connectivity index (χ4n) is 1.84. The number of carbonyl (C=O) groups is 1. The van der Waals surface area contributed by atoms with Gasteiger partial charge in [-0.3, -0.25) is 9.69 Å². The fraction of sp³-hybridized carbons (Fsp3) is 0.900. The van der Waals surface area contributed by atoms with Gasteiger partial charge in [-0.2, -0.15) is 0 Å². The van der Waals surface area contributed by atoms with Crippen molar-refractivity contribution >= 4 is 5.97 Å². The zero-order valence-electron chi connectivity index (χ0n) is 8.90. The van der Waals surface area contributed by atoms with Crippen LogP contribution < -0.4 is 0 Å². The monoisotopic (exact) mass is 201 g/mol. The summed E-state index contributed by atoms with van der Waals surface area (Å²) in [7, 11) is 0. The molecule has 1 aliphatic rings. The Hall–Kier alpha value is -0.610. The molecule has 0 amide bonds. The van der Waals surface area contributed by atoms with Crippen molar-refractivity contribution in [1.82, 2.24) is 4.90 Å². The minimum Gasteiger partial charge on any atom is -0.480 e. The molecule has 14 heavy (non-hydrogen) atoms. The topological polar surface area (TPSA) is 49.8 Å². The van der Waals surface area contributed by atoms with E-state index < -0.39 is 5.97 Å². The van der Waals surface area contributed by atoms with Gasteiger partial charge in [-0.1, -0.05) is 20.3 Å². The Kier molecular flexibility index (Phi) is 4.35. The van der Waals surface area contributed by atoms with E-state index in [0.29, 0.717) is 13.2 Å². The molecule has 4 nitrogen and oxygen atoms in total. The Labute approximate surface area is 84.8 Å². The second-order valence-electron chi connectivity index (χ2n) is 3.82. The van der Waals surface area contributed by atoms with Crippen LogP contribution in [0.1, 0.15) is 20.3 Å². The van der Waals surface area contributed by atoms with Gasteiger partial charge in [0, 0.05) is 13.1 Å². The van der Waals surface area contributed by atoms with E-state index in [0.717, 1.165) is 19.5 Å². The maximum Gasteiger partial charge on any atom is 0.321 e. The highest BCUT2D eigenvalue weighted by Gasteiger charge is 2.30. The number of nitrogens with zero attached hydrogens (tertiary/aromatic N) is 1. The molecule has 0 saturated carbocycles. The third-order valence-corrected chi connectivity index (χ3v) is 2.88. The zero-order valence-corrected chi connectivity index (χ0v) is 8.90. The molecule has 1 aliphatic heterocycles. The van der Waals surface area contributed by atoms with Crippen LogP contribution in [0.4, 0.5) is 0 Å². The van der Waals surface area contributed by atoms with Crippen molar-refractivity contribution < 1.29 is 14.6 Å². The van der Waals surface area contributed by atoms with Gasteiger partial charge in [0.15, 0.2) is 0 Å². The molecule has 4 heteroatoms. The number of aliphatic carboxylic acids is 1. The predicted octanol–water partition coefficient (Wildman–Crippen LogP) is 0.818. The van der Waals surface area contributed by atoms with Crippen molar-refractivity contribution in [2.24, 2.45) is 5.92 Å². The van der Waals surface area contributed by atoms with Crippen molar-refractivity contribution in [2.45, 2.75) is 26.3 Å². The van der Waals surface area contributed by atoms with Crippen molar-refractivity contribution in [3.05, 3.63) is 0 Å². The first-order valence-electron chi connectivity index (χ1n) is 5.21. The summed E-state index contributed by atoms with van der Waals surface area (Å²) >= 11 is 0. The predicted molar refractivity (Wildman–Crippen MR) is 53.3 cm³/mol. The molecular weight excluding hydrogens is 182 g/mol. The van der Waals surface area contributed by atoms with Gasteiger partial charge >= 0.3 is 5.97 Å². The van der Waals surface area contributed by atoms with E-state index in [-0.39, 0.29) is 12.0 Å². The van der Waals surface area contributed by atoms with Gasteiger partial charge in [0.1, 0.15) is 6.04 Å². The number of carboxylic acid groups (broad SMARTS) is 1. The maximum absolute atomic E-state index is 11.1. The first kappa shape index (κ1) is 11.5. The first-order valence-corrected chi connectivity index (χ1v) is 5.21. The lowest BCUT2D eigenvalue weighted by molar-refractivity contribution is -0.147. The lowest BCUT2D eigenvalue weighted by atomic mass is 9.97. The highest BCUT2D eigenvalue weighted by atomic mass is 16.5. The Morgan fingerprint density at radius 2 is 2.07 bits per heavy atom. The molecule has 0 aromatic carbocycles. The largest absolute Gasteiger partial charge is 0.480 e. The molecule has 2 atom stereocenters. The summed E-state index contributed by atoms with van der Waals surface area (Å²) in [4.78, 5) is 13.1. The summed E-state index contributed by atoms with van der Waals surface area (Å²) in [6, 6.07) is -0.344. The van der Waals surface area contributed by atoms with Crippen molar-refractivity contribution in [3.8, 4) is 0 Å². The van der Waals surface area contributed by atoms with Gasteiger partial charge in [-0.05, 0) is 5.92 Å². The highest BCUT2D eigenvalue weighted by molar-refractivity contribution is 5.73. The van der Waals surface area contributed by atoms with Gasteiger partial charge in [0.25, 0.3) is 0 Å². The van der Waals surface area contributed by atoms with Crippen LogP contribution in [0, 0.1) is 5.92 Å². The molecule has 1 rings (SSSR count). The summed E-state index contributed by atoms with van der Waals surface area (Å²) < 4.78 is 5.21. The van der Waals surface area contributed by atoms with Crippen LogP contribution in [0.3, 0.4) is 0 Å². The van der Waals surface area contributed by atoms with Crippen LogP contribution in [-0.4, -0.2) is 48.3 Å². The number of carboxylic acids is 1. The Balaban J connectivity index is 2.60. The third kappa shape index (κ3) is 2.69. The van der Waals surface area contributed by atoms with Crippen LogP contribution in [0.5, 0.6) is 0 Å². The quantitative estimate of drug-likeness (QED) is 0.731. The van der Waals surface area contributed by atoms with E-state index in [4.69, 9.17) is 9.84 Å². The molecule has 0 aromatic heterocycles. The average molecular weight is 201 g/mol. The maximum atomic E-state index is 11.1. The minimum atomic E-state index is -0.707. The third-order valence-electron chi connectivity index (χ3n) is 2.88. The molecule has 1 saturated heterocycles. The van der Waals surface area contributed by atoms with Crippen LogP contribution in [-0.2, 0) is 9.53 Å². The van der Waals surface area contributed by atoms with Gasteiger partial charge in [0.05, 0.1) is 13.2 Å². The lowest BCUT2D eigenvalue weighted by Crippen LogP contribution is -2.50. The van der Waals surface area contributed by atoms with E-state index in [1.807, 2.05) is 18.7 Å². The summed E-state index contributed by atoms with van der Waals surface area (Å²) in [6.45, 7) is 6.80. The molecule has 0 radical (unpaired) electrons. The standard InChI is InChI=1S/C10H19NO3/c1-3-8(2)9(10(12)13)11-4-6-14-7-5-11/h8-9H,3-7H2,1-2H3,(H,12,13).